The number of nitrogens with zero attached hydrogens (tertiary/aromatic N) is 2. The zero-order valence-electron chi connectivity index (χ0n) is 10.5. The van der Waals surface area contributed by atoms with Crippen LogP contribution in [0.2, 0.25) is 4.47 Å². The standard InChI is InChI=1S/C10H14ClN3O3S2/c1-6-9(18-10(11)12-6)19(16,17)13-7-3-4-8(15)14(2)5-7/h7,13H,3-5H2,1-2H3. The molecular weight excluding hydrogens is 310 g/mol. The maximum absolute atomic E-state index is 12.2. The highest BCUT2D eigenvalue weighted by Gasteiger charge is 2.29. The van der Waals surface area contributed by atoms with Crippen LogP contribution in [0.3, 0.4) is 0 Å². The van der Waals surface area contributed by atoms with E-state index in [4.69, 9.17) is 11.6 Å². The molecule has 1 atom stereocenters. The molecule has 1 N–H and O–H groups in total. The first-order valence-electron chi connectivity index (χ1n) is 5.69. The molecule has 19 heavy (non-hydrogen) atoms. The molecule has 2 rings (SSSR count). The molecule has 0 bridgehead atoms. The van der Waals surface area contributed by atoms with Crippen molar-refractivity contribution in [3.05, 3.63) is 10.2 Å². The second kappa shape index (κ2) is 5.35. The summed E-state index contributed by atoms with van der Waals surface area (Å²) in [5.41, 5.74) is 0.391. The molecule has 1 saturated heterocycles. The third-order valence-electron chi connectivity index (χ3n) is 2.92. The molecule has 1 aliphatic heterocycles. The van der Waals surface area contributed by atoms with Crippen molar-refractivity contribution in [1.82, 2.24) is 14.6 Å². The quantitative estimate of drug-likeness (QED) is 0.900. The van der Waals surface area contributed by atoms with Crippen LogP contribution in [0.15, 0.2) is 4.21 Å². The Morgan fingerprint density at radius 2 is 2.21 bits per heavy atom. The minimum atomic E-state index is -3.63. The number of likely N-dealkylation sites (N-methyl/N-ethyl adjacent to an activating group) is 1. The predicted molar refractivity (Wildman–Crippen MR) is 72.8 cm³/mol. The Morgan fingerprint density at radius 3 is 2.74 bits per heavy atom. The molecule has 0 saturated carbocycles. The van der Waals surface area contributed by atoms with Crippen LogP contribution in [0, 0.1) is 6.92 Å². The Bertz CT molecular complexity index is 599. The Labute approximate surface area is 120 Å². The van der Waals surface area contributed by atoms with Crippen molar-refractivity contribution in [3.63, 3.8) is 0 Å². The van der Waals surface area contributed by atoms with E-state index in [1.54, 1.807) is 14.0 Å². The number of aromatic nitrogens is 1. The van der Waals surface area contributed by atoms with Crippen LogP contribution < -0.4 is 4.72 Å². The Morgan fingerprint density at radius 1 is 1.53 bits per heavy atom. The zero-order chi connectivity index (χ0) is 14.2. The molecule has 0 aromatic carbocycles. The number of carbonyl (C=O) groups excluding carboxylic acids is 1. The Hall–Kier alpha value is -0.700. The van der Waals surface area contributed by atoms with Gasteiger partial charge in [-0.3, -0.25) is 4.79 Å². The van der Waals surface area contributed by atoms with Gasteiger partial charge in [-0.25, -0.2) is 18.1 Å². The van der Waals surface area contributed by atoms with Gasteiger partial charge in [-0.2, -0.15) is 0 Å². The maximum atomic E-state index is 12.2. The van der Waals surface area contributed by atoms with Gasteiger partial charge in [-0.1, -0.05) is 22.9 Å². The van der Waals surface area contributed by atoms with Crippen molar-refractivity contribution >= 4 is 38.9 Å². The third kappa shape index (κ3) is 3.25. The van der Waals surface area contributed by atoms with Gasteiger partial charge in [-0.15, -0.1) is 0 Å². The first kappa shape index (κ1) is 14.7. The summed E-state index contributed by atoms with van der Waals surface area (Å²) in [6.45, 7) is 1.98. The predicted octanol–water partition coefficient (Wildman–Crippen LogP) is 1.00. The second-order valence-electron chi connectivity index (χ2n) is 4.47. The van der Waals surface area contributed by atoms with Crippen LogP contribution in [0.1, 0.15) is 18.5 Å². The normalized spacial score (nSPS) is 20.9. The van der Waals surface area contributed by atoms with Crippen molar-refractivity contribution in [2.75, 3.05) is 13.6 Å². The lowest BCUT2D eigenvalue weighted by Crippen LogP contribution is -2.48. The number of aryl methyl sites for hydroxylation is 1. The number of hydrogen-bond donors (Lipinski definition) is 1. The highest BCUT2D eigenvalue weighted by atomic mass is 35.5. The van der Waals surface area contributed by atoms with Gasteiger partial charge in [0.15, 0.2) is 8.68 Å². The first-order chi connectivity index (χ1) is 8.79. The van der Waals surface area contributed by atoms with Gasteiger partial charge in [0.2, 0.25) is 5.91 Å². The number of sulfonamides is 1. The van der Waals surface area contributed by atoms with Gasteiger partial charge >= 0.3 is 0 Å². The number of piperidine rings is 1. The summed E-state index contributed by atoms with van der Waals surface area (Å²) in [5.74, 6) is 0.0347. The molecule has 1 aliphatic rings. The zero-order valence-corrected chi connectivity index (χ0v) is 12.9. The van der Waals surface area contributed by atoms with E-state index in [2.05, 4.69) is 9.71 Å². The minimum absolute atomic E-state index is 0.0347. The van der Waals surface area contributed by atoms with Gasteiger partial charge in [0.25, 0.3) is 10.0 Å². The average molecular weight is 324 g/mol. The molecule has 1 aromatic heterocycles. The van der Waals surface area contributed by atoms with Crippen molar-refractivity contribution in [1.29, 1.82) is 0 Å². The lowest BCUT2D eigenvalue weighted by Gasteiger charge is -2.29. The third-order valence-corrected chi connectivity index (χ3v) is 6.31. The van der Waals surface area contributed by atoms with E-state index in [-0.39, 0.29) is 20.6 Å². The number of thiazole rings is 1. The molecule has 2 heterocycles. The van der Waals surface area contributed by atoms with E-state index in [9.17, 15) is 13.2 Å². The molecular formula is C10H14ClN3O3S2. The lowest BCUT2D eigenvalue weighted by atomic mass is 10.1. The number of amides is 1. The van der Waals surface area contributed by atoms with Gasteiger partial charge in [-0.05, 0) is 13.3 Å². The van der Waals surface area contributed by atoms with E-state index in [0.29, 0.717) is 25.1 Å². The summed E-state index contributed by atoms with van der Waals surface area (Å²) in [5, 5.41) is 0. The fourth-order valence-electron chi connectivity index (χ4n) is 1.98. The molecule has 106 valence electrons. The van der Waals surface area contributed by atoms with Crippen LogP contribution in [0.5, 0.6) is 0 Å². The highest BCUT2D eigenvalue weighted by Crippen LogP contribution is 2.27. The minimum Gasteiger partial charge on any atom is -0.344 e. The molecule has 1 aromatic rings. The number of likely N-dealkylation sites (tertiary alicyclic amines) is 1. The fraction of sp³-hybridized carbons (Fsp3) is 0.600. The van der Waals surface area contributed by atoms with Gasteiger partial charge < -0.3 is 4.90 Å². The largest absolute Gasteiger partial charge is 0.344 e. The molecule has 1 fully saturated rings. The topological polar surface area (TPSA) is 79.4 Å². The molecule has 1 amide bonds. The van der Waals surface area contributed by atoms with Crippen LogP contribution in [0.25, 0.3) is 0 Å². The number of hydrogen-bond acceptors (Lipinski definition) is 5. The molecule has 0 spiro atoms. The molecule has 6 nitrogen and oxygen atoms in total. The summed E-state index contributed by atoms with van der Waals surface area (Å²) in [6.07, 6.45) is 0.861. The van der Waals surface area contributed by atoms with Crippen LogP contribution in [0.4, 0.5) is 0 Å². The number of rotatable bonds is 3. The summed E-state index contributed by atoms with van der Waals surface area (Å²) in [4.78, 5) is 16.8. The smallest absolute Gasteiger partial charge is 0.252 e. The van der Waals surface area contributed by atoms with Gasteiger partial charge in [0.05, 0.1) is 5.69 Å². The van der Waals surface area contributed by atoms with Crippen molar-refractivity contribution in [3.8, 4) is 0 Å². The number of carbonyl (C=O) groups is 1. The van der Waals surface area contributed by atoms with Crippen LogP contribution >= 0.6 is 22.9 Å². The van der Waals surface area contributed by atoms with E-state index in [0.717, 1.165) is 11.3 Å². The summed E-state index contributed by atoms with van der Waals surface area (Å²) < 4.78 is 27.4. The maximum Gasteiger partial charge on any atom is 0.252 e. The molecule has 0 radical (unpaired) electrons. The van der Waals surface area contributed by atoms with E-state index >= 15 is 0 Å². The van der Waals surface area contributed by atoms with Crippen molar-refractivity contribution in [2.45, 2.75) is 30.0 Å². The number of nitrogens with one attached hydrogen (secondary N) is 1. The monoisotopic (exact) mass is 323 g/mol. The summed E-state index contributed by atoms with van der Waals surface area (Å²) in [6, 6.07) is -0.270. The molecule has 9 heteroatoms. The highest BCUT2D eigenvalue weighted by molar-refractivity contribution is 7.91. The van der Waals surface area contributed by atoms with E-state index < -0.39 is 10.0 Å². The van der Waals surface area contributed by atoms with Crippen LogP contribution in [-0.2, 0) is 14.8 Å². The summed E-state index contributed by atoms with van der Waals surface area (Å²) >= 11 is 6.65. The molecule has 1 unspecified atom stereocenters. The average Bonchev–Trinajstić information content (AvgIpc) is 2.63. The SMILES string of the molecule is Cc1nc(Cl)sc1S(=O)(=O)NC1CCC(=O)N(C)C1. The van der Waals surface area contributed by atoms with E-state index in [1.807, 2.05) is 0 Å². The summed E-state index contributed by atoms with van der Waals surface area (Å²) in [7, 11) is -1.96. The number of halogens is 1. The first-order valence-corrected chi connectivity index (χ1v) is 8.36. The van der Waals surface area contributed by atoms with Gasteiger partial charge in [0, 0.05) is 26.1 Å². The van der Waals surface area contributed by atoms with Gasteiger partial charge in [0.1, 0.15) is 0 Å². The van der Waals surface area contributed by atoms with Crippen LogP contribution in [-0.4, -0.2) is 43.8 Å². The Balaban J connectivity index is 2.14. The van der Waals surface area contributed by atoms with Crippen molar-refractivity contribution in [2.24, 2.45) is 0 Å². The Kier molecular flexibility index (Phi) is 4.14. The lowest BCUT2D eigenvalue weighted by molar-refractivity contribution is -0.132. The van der Waals surface area contributed by atoms with E-state index in [1.165, 1.54) is 4.90 Å². The molecule has 0 aliphatic carbocycles. The van der Waals surface area contributed by atoms with Crippen molar-refractivity contribution < 1.29 is 13.2 Å². The fourth-order valence-corrected chi connectivity index (χ4v) is 5.00. The second-order valence-corrected chi connectivity index (χ2v) is 7.96.